The molecule has 0 radical (unpaired) electrons. The topological polar surface area (TPSA) is 21.3 Å². The van der Waals surface area contributed by atoms with Gasteiger partial charge in [-0.2, -0.15) is 0 Å². The molecule has 20 heavy (non-hydrogen) atoms. The van der Waals surface area contributed by atoms with E-state index in [0.29, 0.717) is 6.04 Å². The van der Waals surface area contributed by atoms with Gasteiger partial charge in [0, 0.05) is 18.0 Å². The van der Waals surface area contributed by atoms with Crippen LogP contribution < -0.4 is 10.1 Å². The van der Waals surface area contributed by atoms with Crippen molar-refractivity contribution >= 4 is 0 Å². The van der Waals surface area contributed by atoms with Gasteiger partial charge in [-0.05, 0) is 51.1 Å². The van der Waals surface area contributed by atoms with Crippen LogP contribution in [-0.4, -0.2) is 12.1 Å². The average Bonchev–Trinajstić information content (AvgIpc) is 2.80. The van der Waals surface area contributed by atoms with Crippen LogP contribution in [0.4, 0.5) is 0 Å². The summed E-state index contributed by atoms with van der Waals surface area (Å²) in [7, 11) is 0. The third-order valence-corrected chi connectivity index (χ3v) is 4.83. The van der Waals surface area contributed by atoms with Crippen molar-refractivity contribution in [3.63, 3.8) is 0 Å². The lowest BCUT2D eigenvalue weighted by atomic mass is 9.89. The molecule has 0 saturated heterocycles. The van der Waals surface area contributed by atoms with Crippen LogP contribution in [0.5, 0.6) is 5.75 Å². The molecule has 2 heteroatoms. The van der Waals surface area contributed by atoms with E-state index in [1.807, 2.05) is 0 Å². The van der Waals surface area contributed by atoms with Gasteiger partial charge in [-0.15, -0.1) is 0 Å². The van der Waals surface area contributed by atoms with E-state index in [1.54, 1.807) is 0 Å². The van der Waals surface area contributed by atoms with E-state index in [9.17, 15) is 0 Å². The second-order valence-electron chi connectivity index (χ2n) is 7.35. The number of rotatable bonds is 3. The molecule has 1 N–H and O–H groups in total. The van der Waals surface area contributed by atoms with Crippen molar-refractivity contribution < 1.29 is 4.74 Å². The zero-order valence-corrected chi connectivity index (χ0v) is 13.0. The predicted molar refractivity (Wildman–Crippen MR) is 83.0 cm³/mol. The van der Waals surface area contributed by atoms with E-state index in [4.69, 9.17) is 4.74 Å². The Kier molecular flexibility index (Phi) is 3.76. The fraction of sp³-hybridized carbons (Fsp3) is 0.667. The summed E-state index contributed by atoms with van der Waals surface area (Å²) < 4.78 is 6.10. The second-order valence-corrected chi connectivity index (χ2v) is 7.35. The highest BCUT2D eigenvalue weighted by atomic mass is 16.5. The minimum absolute atomic E-state index is 0.0744. The fourth-order valence-electron chi connectivity index (χ4n) is 3.80. The standard InChI is InChI=1S/C18H27NO/c1-13-8-9-14(10-13)12-19-16-11-18(2,3)20-17-7-5-4-6-15(16)17/h4-7,13-14,16,19H,8-12H2,1-3H3. The fourth-order valence-corrected chi connectivity index (χ4v) is 3.80. The largest absolute Gasteiger partial charge is 0.487 e. The molecule has 2 nitrogen and oxygen atoms in total. The number of benzene rings is 1. The normalized spacial score (nSPS) is 31.6. The summed E-state index contributed by atoms with van der Waals surface area (Å²) in [6, 6.07) is 8.93. The number of hydrogen-bond donors (Lipinski definition) is 1. The van der Waals surface area contributed by atoms with E-state index in [0.717, 1.165) is 30.6 Å². The highest BCUT2D eigenvalue weighted by molar-refractivity contribution is 5.38. The van der Waals surface area contributed by atoms with Gasteiger partial charge >= 0.3 is 0 Å². The van der Waals surface area contributed by atoms with Crippen LogP contribution in [0.1, 0.15) is 58.1 Å². The van der Waals surface area contributed by atoms with Gasteiger partial charge in [0.1, 0.15) is 11.4 Å². The zero-order chi connectivity index (χ0) is 14.2. The molecule has 0 bridgehead atoms. The molecule has 1 aliphatic carbocycles. The minimum atomic E-state index is -0.0744. The van der Waals surface area contributed by atoms with Crippen molar-refractivity contribution in [1.29, 1.82) is 0 Å². The molecule has 1 aliphatic heterocycles. The first-order chi connectivity index (χ1) is 9.53. The van der Waals surface area contributed by atoms with Gasteiger partial charge in [-0.25, -0.2) is 0 Å². The summed E-state index contributed by atoms with van der Waals surface area (Å²) in [5.41, 5.74) is 1.26. The van der Waals surface area contributed by atoms with Gasteiger partial charge in [0.15, 0.2) is 0 Å². The molecule has 1 saturated carbocycles. The van der Waals surface area contributed by atoms with Crippen molar-refractivity contribution in [2.45, 2.75) is 58.1 Å². The molecule has 0 amide bonds. The lowest BCUT2D eigenvalue weighted by Gasteiger charge is -2.38. The van der Waals surface area contributed by atoms with Crippen LogP contribution in [0.25, 0.3) is 0 Å². The van der Waals surface area contributed by atoms with Crippen LogP contribution in [0.2, 0.25) is 0 Å². The summed E-state index contributed by atoms with van der Waals surface area (Å²) in [6.45, 7) is 7.91. The van der Waals surface area contributed by atoms with Gasteiger partial charge in [0.25, 0.3) is 0 Å². The predicted octanol–water partition coefficient (Wildman–Crippen LogP) is 4.31. The van der Waals surface area contributed by atoms with Gasteiger partial charge in [-0.1, -0.05) is 31.5 Å². The first-order valence-corrected chi connectivity index (χ1v) is 8.05. The number of ether oxygens (including phenoxy) is 1. The Balaban J connectivity index is 1.69. The monoisotopic (exact) mass is 273 g/mol. The number of hydrogen-bond acceptors (Lipinski definition) is 2. The molecule has 1 fully saturated rings. The zero-order valence-electron chi connectivity index (χ0n) is 13.0. The molecular weight excluding hydrogens is 246 g/mol. The Labute approximate surface area is 122 Å². The van der Waals surface area contributed by atoms with Crippen molar-refractivity contribution in [1.82, 2.24) is 5.32 Å². The quantitative estimate of drug-likeness (QED) is 0.886. The first kappa shape index (κ1) is 13.9. The van der Waals surface area contributed by atoms with E-state index in [1.165, 1.54) is 24.8 Å². The molecule has 3 unspecified atom stereocenters. The van der Waals surface area contributed by atoms with Gasteiger partial charge in [0.05, 0.1) is 0 Å². The summed E-state index contributed by atoms with van der Waals surface area (Å²) in [5.74, 6) is 2.84. The highest BCUT2D eigenvalue weighted by Gasteiger charge is 2.33. The number of para-hydroxylation sites is 1. The van der Waals surface area contributed by atoms with Crippen LogP contribution in [0.3, 0.4) is 0 Å². The van der Waals surface area contributed by atoms with Crippen LogP contribution in [0.15, 0.2) is 24.3 Å². The Morgan fingerprint density at radius 2 is 2.05 bits per heavy atom. The molecule has 3 atom stereocenters. The molecule has 1 aromatic rings. The molecule has 3 rings (SSSR count). The van der Waals surface area contributed by atoms with E-state index >= 15 is 0 Å². The van der Waals surface area contributed by atoms with E-state index in [-0.39, 0.29) is 5.60 Å². The van der Waals surface area contributed by atoms with Gasteiger partial charge < -0.3 is 10.1 Å². The van der Waals surface area contributed by atoms with Crippen molar-refractivity contribution in [3.05, 3.63) is 29.8 Å². The lowest BCUT2D eigenvalue weighted by molar-refractivity contribution is 0.0652. The van der Waals surface area contributed by atoms with Gasteiger partial charge in [-0.3, -0.25) is 0 Å². The number of fused-ring (bicyclic) bond motifs is 1. The summed E-state index contributed by atoms with van der Waals surface area (Å²) in [4.78, 5) is 0. The first-order valence-electron chi connectivity index (χ1n) is 8.05. The number of nitrogens with one attached hydrogen (secondary N) is 1. The maximum absolute atomic E-state index is 6.10. The summed E-state index contributed by atoms with van der Waals surface area (Å²) in [6.07, 6.45) is 5.23. The Bertz CT molecular complexity index is 468. The van der Waals surface area contributed by atoms with Gasteiger partial charge in [0.2, 0.25) is 0 Å². The molecule has 0 spiro atoms. The molecule has 1 aromatic carbocycles. The maximum atomic E-state index is 6.10. The van der Waals surface area contributed by atoms with Crippen LogP contribution in [-0.2, 0) is 0 Å². The molecule has 1 heterocycles. The Morgan fingerprint density at radius 1 is 1.25 bits per heavy atom. The van der Waals surface area contributed by atoms with E-state index < -0.39 is 0 Å². The maximum Gasteiger partial charge on any atom is 0.124 e. The molecule has 2 aliphatic rings. The summed E-state index contributed by atoms with van der Waals surface area (Å²) in [5, 5.41) is 3.82. The van der Waals surface area contributed by atoms with E-state index in [2.05, 4.69) is 50.4 Å². The van der Waals surface area contributed by atoms with Crippen LogP contribution in [0, 0.1) is 11.8 Å². The van der Waals surface area contributed by atoms with Crippen molar-refractivity contribution in [2.24, 2.45) is 11.8 Å². The third-order valence-electron chi connectivity index (χ3n) is 4.83. The van der Waals surface area contributed by atoms with Crippen LogP contribution >= 0.6 is 0 Å². The molecular formula is C18H27NO. The molecule has 0 aromatic heterocycles. The SMILES string of the molecule is CC1CCC(CNC2CC(C)(C)Oc3ccccc32)C1. The lowest BCUT2D eigenvalue weighted by Crippen LogP contribution is -2.40. The highest BCUT2D eigenvalue weighted by Crippen LogP contribution is 2.39. The smallest absolute Gasteiger partial charge is 0.124 e. The van der Waals surface area contributed by atoms with Crippen molar-refractivity contribution in [3.8, 4) is 5.75 Å². The summed E-state index contributed by atoms with van der Waals surface area (Å²) >= 11 is 0. The minimum Gasteiger partial charge on any atom is -0.487 e. The molecule has 110 valence electrons. The third kappa shape index (κ3) is 3.01. The average molecular weight is 273 g/mol. The Morgan fingerprint density at radius 3 is 2.80 bits per heavy atom. The Hall–Kier alpha value is -1.02. The second kappa shape index (κ2) is 5.40. The van der Waals surface area contributed by atoms with Crippen molar-refractivity contribution in [2.75, 3.05) is 6.54 Å².